The Hall–Kier alpha value is -0.890. The van der Waals surface area contributed by atoms with Gasteiger partial charge in [-0.15, -0.1) is 0 Å². The zero-order valence-electron chi connectivity index (χ0n) is 13.0. The summed E-state index contributed by atoms with van der Waals surface area (Å²) in [6.45, 7) is 8.18. The fourth-order valence-electron chi connectivity index (χ4n) is 2.32. The average molecular weight is 264 g/mol. The SMILES string of the molecule is CCCCCCCCOC[n+]1ccc(CC)c(C)c1. The molecule has 1 heterocycles. The van der Waals surface area contributed by atoms with Crippen LogP contribution >= 0.6 is 0 Å². The van der Waals surface area contributed by atoms with Gasteiger partial charge >= 0.3 is 0 Å². The van der Waals surface area contributed by atoms with Gasteiger partial charge in [-0.05, 0) is 25.3 Å². The van der Waals surface area contributed by atoms with Gasteiger partial charge in [-0.2, -0.15) is 4.57 Å². The lowest BCUT2D eigenvalue weighted by Gasteiger charge is -2.04. The standard InChI is InChI=1S/C17H30NO/c1-4-6-7-8-9-10-13-19-15-18-12-11-17(5-2)16(3)14-18/h11-12,14H,4-10,13,15H2,1-3H3/q+1. The first-order valence-corrected chi connectivity index (χ1v) is 7.84. The highest BCUT2D eigenvalue weighted by Gasteiger charge is 2.04. The molecule has 1 aromatic heterocycles. The minimum Gasteiger partial charge on any atom is -0.323 e. The molecule has 0 fully saturated rings. The van der Waals surface area contributed by atoms with Crippen molar-refractivity contribution in [2.24, 2.45) is 0 Å². The Bertz CT molecular complexity index is 349. The monoisotopic (exact) mass is 264 g/mol. The van der Waals surface area contributed by atoms with Crippen LogP contribution in [0.15, 0.2) is 18.5 Å². The molecule has 1 rings (SSSR count). The normalized spacial score (nSPS) is 10.9. The number of unbranched alkanes of at least 4 members (excludes halogenated alkanes) is 5. The summed E-state index contributed by atoms with van der Waals surface area (Å²) in [7, 11) is 0. The highest BCUT2D eigenvalue weighted by atomic mass is 16.5. The maximum atomic E-state index is 5.72. The summed E-state index contributed by atoms with van der Waals surface area (Å²) in [5.41, 5.74) is 2.78. The summed E-state index contributed by atoms with van der Waals surface area (Å²) in [6.07, 6.45) is 13.3. The quantitative estimate of drug-likeness (QED) is 0.456. The third-order valence-corrected chi connectivity index (χ3v) is 3.60. The third kappa shape index (κ3) is 6.72. The fraction of sp³-hybridized carbons (Fsp3) is 0.706. The number of pyridine rings is 1. The van der Waals surface area contributed by atoms with E-state index in [9.17, 15) is 0 Å². The van der Waals surface area contributed by atoms with Gasteiger partial charge in [-0.1, -0.05) is 46.0 Å². The Morgan fingerprint density at radius 2 is 1.79 bits per heavy atom. The van der Waals surface area contributed by atoms with Crippen LogP contribution in [-0.2, 0) is 17.9 Å². The molecule has 0 unspecified atom stereocenters. The highest BCUT2D eigenvalue weighted by Crippen LogP contribution is 2.05. The molecule has 108 valence electrons. The summed E-state index contributed by atoms with van der Waals surface area (Å²) in [4.78, 5) is 0. The summed E-state index contributed by atoms with van der Waals surface area (Å²) >= 11 is 0. The third-order valence-electron chi connectivity index (χ3n) is 3.60. The molecule has 19 heavy (non-hydrogen) atoms. The molecular formula is C17H30NO+. The van der Waals surface area contributed by atoms with E-state index in [4.69, 9.17) is 4.74 Å². The van der Waals surface area contributed by atoms with E-state index >= 15 is 0 Å². The minimum atomic E-state index is 0.680. The van der Waals surface area contributed by atoms with Crippen molar-refractivity contribution in [2.45, 2.75) is 72.4 Å². The van der Waals surface area contributed by atoms with Gasteiger partial charge in [0.15, 0.2) is 12.4 Å². The van der Waals surface area contributed by atoms with E-state index in [0.29, 0.717) is 6.73 Å². The van der Waals surface area contributed by atoms with Crippen molar-refractivity contribution < 1.29 is 9.30 Å². The second-order valence-electron chi connectivity index (χ2n) is 5.33. The molecular weight excluding hydrogens is 234 g/mol. The molecule has 0 bridgehead atoms. The van der Waals surface area contributed by atoms with E-state index in [1.165, 1.54) is 49.7 Å². The van der Waals surface area contributed by atoms with Crippen LogP contribution in [-0.4, -0.2) is 6.61 Å². The highest BCUT2D eigenvalue weighted by molar-refractivity contribution is 5.18. The van der Waals surface area contributed by atoms with Gasteiger partial charge in [0.1, 0.15) is 0 Å². The number of ether oxygens (including phenoxy) is 1. The van der Waals surface area contributed by atoms with Gasteiger partial charge in [0.05, 0.1) is 6.61 Å². The van der Waals surface area contributed by atoms with Crippen LogP contribution in [0.3, 0.4) is 0 Å². The lowest BCUT2D eigenvalue weighted by Crippen LogP contribution is -2.35. The summed E-state index contributed by atoms with van der Waals surface area (Å²) in [5.74, 6) is 0. The second-order valence-corrected chi connectivity index (χ2v) is 5.33. The van der Waals surface area contributed by atoms with Crippen molar-refractivity contribution >= 4 is 0 Å². The molecule has 0 aromatic carbocycles. The zero-order valence-corrected chi connectivity index (χ0v) is 13.0. The zero-order chi connectivity index (χ0) is 13.9. The molecule has 2 nitrogen and oxygen atoms in total. The van der Waals surface area contributed by atoms with Crippen molar-refractivity contribution in [3.63, 3.8) is 0 Å². The smallest absolute Gasteiger partial charge is 0.252 e. The molecule has 1 aromatic rings. The van der Waals surface area contributed by atoms with Gasteiger partial charge in [-0.3, -0.25) is 0 Å². The Morgan fingerprint density at radius 1 is 1.05 bits per heavy atom. The Morgan fingerprint density at radius 3 is 2.47 bits per heavy atom. The van der Waals surface area contributed by atoms with E-state index in [2.05, 4.69) is 43.8 Å². The van der Waals surface area contributed by atoms with Crippen LogP contribution in [0, 0.1) is 6.92 Å². The first-order valence-electron chi connectivity index (χ1n) is 7.84. The van der Waals surface area contributed by atoms with Crippen molar-refractivity contribution in [1.82, 2.24) is 0 Å². The summed E-state index contributed by atoms with van der Waals surface area (Å²) < 4.78 is 7.85. The second kappa shape index (κ2) is 9.96. The first-order chi connectivity index (χ1) is 9.27. The lowest BCUT2D eigenvalue weighted by molar-refractivity contribution is -0.733. The number of aryl methyl sites for hydroxylation is 2. The van der Waals surface area contributed by atoms with E-state index in [1.54, 1.807) is 0 Å². The predicted octanol–water partition coefficient (Wildman–Crippen LogP) is 4.18. The molecule has 2 heteroatoms. The van der Waals surface area contributed by atoms with Gasteiger partial charge in [-0.25, -0.2) is 0 Å². The van der Waals surface area contributed by atoms with E-state index in [-0.39, 0.29) is 0 Å². The van der Waals surface area contributed by atoms with E-state index in [1.807, 2.05) is 0 Å². The predicted molar refractivity (Wildman–Crippen MR) is 80.1 cm³/mol. The number of rotatable bonds is 10. The van der Waals surface area contributed by atoms with E-state index < -0.39 is 0 Å². The van der Waals surface area contributed by atoms with Gasteiger partial charge in [0.2, 0.25) is 0 Å². The van der Waals surface area contributed by atoms with Crippen molar-refractivity contribution in [2.75, 3.05) is 6.61 Å². The van der Waals surface area contributed by atoms with Crippen molar-refractivity contribution in [3.8, 4) is 0 Å². The molecule has 0 amide bonds. The molecule has 0 aliphatic carbocycles. The number of aromatic nitrogens is 1. The Labute approximate surface area is 118 Å². The largest absolute Gasteiger partial charge is 0.323 e. The van der Waals surface area contributed by atoms with Gasteiger partial charge in [0.25, 0.3) is 6.73 Å². The van der Waals surface area contributed by atoms with Gasteiger partial charge < -0.3 is 4.74 Å². The topological polar surface area (TPSA) is 13.1 Å². The summed E-state index contributed by atoms with van der Waals surface area (Å²) in [6, 6.07) is 2.20. The molecule has 0 aliphatic heterocycles. The fourth-order valence-corrected chi connectivity index (χ4v) is 2.32. The minimum absolute atomic E-state index is 0.680. The Kier molecular flexibility index (Phi) is 8.48. The molecule has 0 N–H and O–H groups in total. The van der Waals surface area contributed by atoms with Crippen molar-refractivity contribution in [1.29, 1.82) is 0 Å². The molecule has 0 aliphatic rings. The van der Waals surface area contributed by atoms with Gasteiger partial charge in [0, 0.05) is 11.6 Å². The summed E-state index contributed by atoms with van der Waals surface area (Å²) in [5, 5.41) is 0. The van der Waals surface area contributed by atoms with Crippen LogP contribution in [0.2, 0.25) is 0 Å². The number of hydrogen-bond acceptors (Lipinski definition) is 1. The molecule has 0 saturated carbocycles. The molecule has 0 spiro atoms. The molecule has 0 radical (unpaired) electrons. The number of nitrogens with zero attached hydrogens (tertiary/aromatic N) is 1. The molecule has 0 atom stereocenters. The maximum Gasteiger partial charge on any atom is 0.252 e. The first kappa shape index (κ1) is 16.2. The van der Waals surface area contributed by atoms with Crippen LogP contribution in [0.25, 0.3) is 0 Å². The van der Waals surface area contributed by atoms with Crippen molar-refractivity contribution in [3.05, 3.63) is 29.6 Å². The average Bonchev–Trinajstić information content (AvgIpc) is 2.42. The Balaban J connectivity index is 2.11. The van der Waals surface area contributed by atoms with Crippen LogP contribution < -0.4 is 4.57 Å². The molecule has 0 saturated heterocycles. The van der Waals surface area contributed by atoms with E-state index in [0.717, 1.165) is 13.0 Å². The lowest BCUT2D eigenvalue weighted by atomic mass is 10.1. The van der Waals surface area contributed by atoms with Crippen LogP contribution in [0.5, 0.6) is 0 Å². The maximum absolute atomic E-state index is 5.72. The van der Waals surface area contributed by atoms with Crippen LogP contribution in [0.1, 0.15) is 63.5 Å². The van der Waals surface area contributed by atoms with Crippen LogP contribution in [0.4, 0.5) is 0 Å². The number of hydrogen-bond donors (Lipinski definition) is 0.